The zero-order valence-corrected chi connectivity index (χ0v) is 24.5. The maximum absolute atomic E-state index is 14.8. The number of nitrogens with zero attached hydrogens (tertiary/aromatic N) is 5. The smallest absolute Gasteiger partial charge is 0.306 e. The maximum Gasteiger partial charge on any atom is 0.306 e. The molecule has 0 spiro atoms. The van der Waals surface area contributed by atoms with Gasteiger partial charge in [-0.05, 0) is 51.3 Å². The van der Waals surface area contributed by atoms with Crippen LogP contribution in [0.5, 0.6) is 5.75 Å². The van der Waals surface area contributed by atoms with Crippen LogP contribution in [0.3, 0.4) is 0 Å². The molecule has 2 N–H and O–H groups in total. The van der Waals surface area contributed by atoms with E-state index >= 15 is 0 Å². The second kappa shape index (κ2) is 12.7. The number of halogens is 2. The number of aromatic nitrogens is 3. The van der Waals surface area contributed by atoms with Gasteiger partial charge in [-0.15, -0.1) is 0 Å². The molecule has 4 heterocycles. The number of carbonyl (C=O) groups excluding carboxylic acids is 1. The molecule has 3 aromatic rings. The van der Waals surface area contributed by atoms with Crippen molar-refractivity contribution in [1.82, 2.24) is 19.9 Å². The van der Waals surface area contributed by atoms with E-state index in [1.54, 1.807) is 6.07 Å². The summed E-state index contributed by atoms with van der Waals surface area (Å²) in [6, 6.07) is 3.37. The standard InChI is InChI=1S/C28H32ClFN6O4S/c1-16-5-3-4-8-36(16)15-22-24(18-11-19(29)25(40-2)20(30)12-18)33-28(41-22)34-26(37)21-13-32-23(14-31-21)35-9-6-17(7-10-35)27(38)39/h11-14,16-17H,3-10,15H2,1-2H3,(H,38,39)(H,33,34,37)/t16-/m1/s1. The summed E-state index contributed by atoms with van der Waals surface area (Å²) in [5.74, 6) is -1.61. The van der Waals surface area contributed by atoms with Crippen molar-refractivity contribution in [2.75, 3.05) is 37.0 Å². The van der Waals surface area contributed by atoms with E-state index in [0.717, 1.165) is 24.3 Å². The number of amides is 1. The molecule has 13 heteroatoms. The summed E-state index contributed by atoms with van der Waals surface area (Å²) < 4.78 is 19.8. The van der Waals surface area contributed by atoms with E-state index in [0.29, 0.717) is 60.7 Å². The third-order valence-electron chi connectivity index (χ3n) is 7.72. The van der Waals surface area contributed by atoms with Crippen molar-refractivity contribution in [2.45, 2.75) is 51.6 Å². The molecular weight excluding hydrogens is 571 g/mol. The average molecular weight is 603 g/mol. The Bertz CT molecular complexity index is 1390. The first kappa shape index (κ1) is 29.2. The number of anilines is 2. The molecule has 0 radical (unpaired) electrons. The molecule has 41 heavy (non-hydrogen) atoms. The summed E-state index contributed by atoms with van der Waals surface area (Å²) in [6.45, 7) is 4.89. The van der Waals surface area contributed by atoms with E-state index in [2.05, 4.69) is 32.1 Å². The number of ether oxygens (including phenoxy) is 1. The Kier molecular flexibility index (Phi) is 9.00. The monoisotopic (exact) mass is 602 g/mol. The van der Waals surface area contributed by atoms with Gasteiger partial charge in [-0.3, -0.25) is 19.8 Å². The first-order valence-electron chi connectivity index (χ1n) is 13.6. The zero-order chi connectivity index (χ0) is 29.1. The van der Waals surface area contributed by atoms with E-state index in [9.17, 15) is 19.1 Å². The molecule has 2 fully saturated rings. The van der Waals surface area contributed by atoms with Gasteiger partial charge in [-0.1, -0.05) is 29.4 Å². The fourth-order valence-electron chi connectivity index (χ4n) is 5.32. The normalized spacial score (nSPS) is 18.3. The number of likely N-dealkylation sites (tertiary alicyclic amines) is 1. The van der Waals surface area contributed by atoms with Crippen LogP contribution in [-0.4, -0.2) is 69.6 Å². The van der Waals surface area contributed by atoms with Gasteiger partial charge in [0.05, 0.1) is 36.1 Å². The Balaban J connectivity index is 1.35. The highest BCUT2D eigenvalue weighted by Gasteiger charge is 2.26. The van der Waals surface area contributed by atoms with Crippen LogP contribution in [-0.2, 0) is 11.3 Å². The number of carboxylic acids is 1. The molecule has 2 saturated heterocycles. The van der Waals surface area contributed by atoms with Crippen molar-refractivity contribution in [1.29, 1.82) is 0 Å². The predicted molar refractivity (Wildman–Crippen MR) is 155 cm³/mol. The van der Waals surface area contributed by atoms with Gasteiger partial charge in [0.1, 0.15) is 11.5 Å². The molecule has 2 aromatic heterocycles. The molecule has 218 valence electrons. The molecule has 2 aliphatic heterocycles. The van der Waals surface area contributed by atoms with E-state index in [1.807, 2.05) is 4.90 Å². The fraction of sp³-hybridized carbons (Fsp3) is 0.464. The van der Waals surface area contributed by atoms with E-state index < -0.39 is 17.7 Å². The number of piperidine rings is 2. The van der Waals surface area contributed by atoms with Crippen LogP contribution in [0.15, 0.2) is 24.5 Å². The first-order valence-corrected chi connectivity index (χ1v) is 14.8. The van der Waals surface area contributed by atoms with Crippen LogP contribution in [0, 0.1) is 11.7 Å². The molecule has 1 atom stereocenters. The minimum Gasteiger partial charge on any atom is -0.492 e. The van der Waals surface area contributed by atoms with Gasteiger partial charge in [0.2, 0.25) is 0 Å². The summed E-state index contributed by atoms with van der Waals surface area (Å²) in [4.78, 5) is 42.9. The van der Waals surface area contributed by atoms with Crippen LogP contribution >= 0.6 is 22.9 Å². The number of thiazole rings is 1. The number of nitrogens with one attached hydrogen (secondary N) is 1. The van der Waals surface area contributed by atoms with Crippen molar-refractivity contribution < 1.29 is 23.8 Å². The topological polar surface area (TPSA) is 121 Å². The number of hydrogen-bond donors (Lipinski definition) is 2. The average Bonchev–Trinajstić information content (AvgIpc) is 3.36. The number of benzene rings is 1. The van der Waals surface area contributed by atoms with Gasteiger partial charge in [0.25, 0.3) is 5.91 Å². The molecule has 1 aromatic carbocycles. The zero-order valence-electron chi connectivity index (χ0n) is 22.9. The van der Waals surface area contributed by atoms with Crippen LogP contribution in [0.4, 0.5) is 15.3 Å². The molecule has 5 rings (SSSR count). The minimum absolute atomic E-state index is 0.0290. The summed E-state index contributed by atoms with van der Waals surface area (Å²) in [6.07, 6.45) is 7.39. The van der Waals surface area contributed by atoms with Crippen LogP contribution in [0.25, 0.3) is 11.3 Å². The van der Waals surface area contributed by atoms with Gasteiger partial charge in [-0.2, -0.15) is 0 Å². The third-order valence-corrected chi connectivity index (χ3v) is 8.96. The summed E-state index contributed by atoms with van der Waals surface area (Å²) in [5.41, 5.74) is 1.17. The van der Waals surface area contributed by atoms with Crippen molar-refractivity contribution in [3.05, 3.63) is 45.9 Å². The molecule has 0 saturated carbocycles. The van der Waals surface area contributed by atoms with Crippen molar-refractivity contribution in [3.8, 4) is 17.0 Å². The van der Waals surface area contributed by atoms with E-state index in [-0.39, 0.29) is 22.4 Å². The molecule has 1 amide bonds. The summed E-state index contributed by atoms with van der Waals surface area (Å²) in [5, 5.41) is 12.5. The second-order valence-corrected chi connectivity index (χ2v) is 11.9. The van der Waals surface area contributed by atoms with Crippen molar-refractivity contribution in [3.63, 3.8) is 0 Å². The predicted octanol–water partition coefficient (Wildman–Crippen LogP) is 5.33. The van der Waals surface area contributed by atoms with Gasteiger partial charge in [-0.25, -0.2) is 19.3 Å². The molecule has 0 bridgehead atoms. The van der Waals surface area contributed by atoms with Gasteiger partial charge in [0.15, 0.2) is 16.7 Å². The molecular formula is C28H32ClFN6O4S. The van der Waals surface area contributed by atoms with Crippen LogP contribution in [0.1, 0.15) is 54.4 Å². The largest absolute Gasteiger partial charge is 0.492 e. The summed E-state index contributed by atoms with van der Waals surface area (Å²) in [7, 11) is 1.36. The summed E-state index contributed by atoms with van der Waals surface area (Å²) >= 11 is 7.64. The first-order chi connectivity index (χ1) is 19.7. The van der Waals surface area contributed by atoms with E-state index in [4.69, 9.17) is 16.3 Å². The lowest BCUT2D eigenvalue weighted by Gasteiger charge is -2.33. The highest BCUT2D eigenvalue weighted by Crippen LogP contribution is 2.38. The lowest BCUT2D eigenvalue weighted by Crippen LogP contribution is -2.36. The van der Waals surface area contributed by atoms with E-state index in [1.165, 1.54) is 43.3 Å². The Hall–Kier alpha value is -3.35. The van der Waals surface area contributed by atoms with Crippen molar-refractivity contribution >= 4 is 45.8 Å². The number of rotatable bonds is 8. The molecule has 0 unspecified atom stereocenters. The van der Waals surface area contributed by atoms with Gasteiger partial charge >= 0.3 is 5.97 Å². The van der Waals surface area contributed by atoms with Crippen molar-refractivity contribution in [2.24, 2.45) is 5.92 Å². The third kappa shape index (κ3) is 6.60. The van der Waals surface area contributed by atoms with Gasteiger partial charge in [0, 0.05) is 36.1 Å². The number of hydrogen-bond acceptors (Lipinski definition) is 9. The quantitative estimate of drug-likeness (QED) is 0.352. The molecule has 0 aliphatic carbocycles. The number of methoxy groups -OCH3 is 1. The van der Waals surface area contributed by atoms with Gasteiger partial charge < -0.3 is 14.7 Å². The van der Waals surface area contributed by atoms with Crippen LogP contribution in [0.2, 0.25) is 5.02 Å². The fourth-order valence-corrected chi connectivity index (χ4v) is 6.61. The lowest BCUT2D eigenvalue weighted by molar-refractivity contribution is -0.142. The Morgan fingerprint density at radius 1 is 1.17 bits per heavy atom. The highest BCUT2D eigenvalue weighted by atomic mass is 35.5. The maximum atomic E-state index is 14.8. The number of aliphatic carboxylic acids is 1. The van der Waals surface area contributed by atoms with Crippen LogP contribution < -0.4 is 15.0 Å². The Morgan fingerprint density at radius 2 is 1.95 bits per heavy atom. The Labute approximate surface area is 246 Å². The minimum atomic E-state index is -0.776. The SMILES string of the molecule is COc1c(F)cc(-c2nc(NC(=O)c3cnc(N4CCC(C(=O)O)CC4)cn3)sc2CN2CCCC[C@H]2C)cc1Cl. The molecule has 10 nitrogen and oxygen atoms in total. The second-order valence-electron chi connectivity index (χ2n) is 10.4. The molecule has 2 aliphatic rings. The highest BCUT2D eigenvalue weighted by molar-refractivity contribution is 7.16. The Morgan fingerprint density at radius 3 is 2.59 bits per heavy atom. The lowest BCUT2D eigenvalue weighted by atomic mass is 9.97. The number of carboxylic acid groups (broad SMARTS) is 1. The number of carbonyl (C=O) groups is 2.